The lowest BCUT2D eigenvalue weighted by atomic mass is 10.0. The van der Waals surface area contributed by atoms with Crippen LogP contribution in [0.4, 0.5) is 0 Å². The zero-order chi connectivity index (χ0) is 15.4. The monoisotopic (exact) mass is 319 g/mol. The van der Waals surface area contributed by atoms with Crippen molar-refractivity contribution in [2.75, 3.05) is 13.1 Å². The second-order valence-corrected chi connectivity index (χ2v) is 6.85. The molecule has 1 atom stereocenters. The normalized spacial score (nSPS) is 19.1. The maximum Gasteiger partial charge on any atom is 0.227 e. The lowest BCUT2D eigenvalue weighted by molar-refractivity contribution is -0.131. The van der Waals surface area contributed by atoms with Crippen LogP contribution < -0.4 is 0 Å². The van der Waals surface area contributed by atoms with E-state index in [1.807, 2.05) is 22.4 Å². The van der Waals surface area contributed by atoms with E-state index in [1.54, 1.807) is 11.3 Å². The molecule has 118 valence electrons. The smallest absolute Gasteiger partial charge is 0.227 e. The molecule has 1 aliphatic rings. The van der Waals surface area contributed by atoms with Gasteiger partial charge in [0.15, 0.2) is 0 Å². The van der Waals surface area contributed by atoms with Crippen molar-refractivity contribution in [1.29, 1.82) is 0 Å². The van der Waals surface area contributed by atoms with Gasteiger partial charge in [0, 0.05) is 25.9 Å². The van der Waals surface area contributed by atoms with Crippen LogP contribution in [0, 0.1) is 5.92 Å². The molecule has 1 aliphatic heterocycles. The Bertz CT molecular complexity index is 609. The lowest BCUT2D eigenvalue weighted by Gasteiger charge is -2.20. The first-order valence-corrected chi connectivity index (χ1v) is 8.74. The van der Waals surface area contributed by atoms with Gasteiger partial charge in [-0.05, 0) is 36.6 Å². The fraction of sp³-hybridized carbons (Fsp3) is 0.562. The van der Waals surface area contributed by atoms with Crippen LogP contribution in [0.15, 0.2) is 22.0 Å². The fourth-order valence-corrected chi connectivity index (χ4v) is 3.40. The predicted octanol–water partition coefficient (Wildman–Crippen LogP) is 3.38. The standard InChI is InChI=1S/C16H21N3O2S/c1-12-4-2-9-19(10-8-12)15(20)7-6-14-17-16(18-21-14)13-5-3-11-22-13/h3,5,11-12H,2,4,6-10H2,1H3. The Kier molecular flexibility index (Phi) is 4.87. The summed E-state index contributed by atoms with van der Waals surface area (Å²) in [4.78, 5) is 19.6. The molecule has 0 radical (unpaired) electrons. The predicted molar refractivity (Wildman–Crippen MR) is 85.5 cm³/mol. The first-order chi connectivity index (χ1) is 10.7. The number of hydrogen-bond donors (Lipinski definition) is 0. The highest BCUT2D eigenvalue weighted by Crippen LogP contribution is 2.22. The minimum Gasteiger partial charge on any atom is -0.343 e. The molecule has 3 rings (SSSR count). The van der Waals surface area contributed by atoms with Gasteiger partial charge in [-0.1, -0.05) is 18.1 Å². The molecule has 0 saturated carbocycles. The maximum absolute atomic E-state index is 12.3. The highest BCUT2D eigenvalue weighted by Gasteiger charge is 2.19. The summed E-state index contributed by atoms with van der Waals surface area (Å²) in [6, 6.07) is 3.92. The van der Waals surface area contributed by atoms with Crippen molar-refractivity contribution in [3.05, 3.63) is 23.4 Å². The first kappa shape index (κ1) is 15.2. The number of carbonyl (C=O) groups excluding carboxylic acids is 1. The third-order valence-corrected chi connectivity index (χ3v) is 5.00. The van der Waals surface area contributed by atoms with Crippen molar-refractivity contribution < 1.29 is 9.32 Å². The summed E-state index contributed by atoms with van der Waals surface area (Å²) in [5.41, 5.74) is 0. The molecule has 3 heterocycles. The molecule has 2 aromatic heterocycles. The number of carbonyl (C=O) groups is 1. The second kappa shape index (κ2) is 7.05. The molecule has 1 amide bonds. The number of nitrogens with zero attached hydrogens (tertiary/aromatic N) is 3. The van der Waals surface area contributed by atoms with Crippen molar-refractivity contribution in [2.24, 2.45) is 5.92 Å². The quantitative estimate of drug-likeness (QED) is 0.867. The zero-order valence-corrected chi connectivity index (χ0v) is 13.6. The van der Waals surface area contributed by atoms with Crippen LogP contribution in [0.1, 0.15) is 38.5 Å². The molecule has 1 saturated heterocycles. The fourth-order valence-electron chi connectivity index (χ4n) is 2.75. The molecule has 0 aromatic carbocycles. The van der Waals surface area contributed by atoms with Gasteiger partial charge in [0.05, 0.1) is 4.88 Å². The number of rotatable bonds is 4. The Morgan fingerprint density at radius 3 is 3.18 bits per heavy atom. The average Bonchev–Trinajstić information content (AvgIpc) is 3.15. The summed E-state index contributed by atoms with van der Waals surface area (Å²) in [5.74, 6) is 2.08. The summed E-state index contributed by atoms with van der Waals surface area (Å²) in [6.45, 7) is 4.02. The van der Waals surface area contributed by atoms with Crippen molar-refractivity contribution in [2.45, 2.75) is 39.0 Å². The van der Waals surface area contributed by atoms with Gasteiger partial charge in [0.25, 0.3) is 0 Å². The van der Waals surface area contributed by atoms with Gasteiger partial charge in [-0.2, -0.15) is 4.98 Å². The Morgan fingerprint density at radius 2 is 2.36 bits per heavy atom. The number of aryl methyl sites for hydroxylation is 1. The van der Waals surface area contributed by atoms with E-state index < -0.39 is 0 Å². The summed E-state index contributed by atoms with van der Waals surface area (Å²) < 4.78 is 5.24. The molecule has 5 nitrogen and oxygen atoms in total. The molecule has 0 bridgehead atoms. The average molecular weight is 319 g/mol. The van der Waals surface area contributed by atoms with Crippen LogP contribution in [-0.2, 0) is 11.2 Å². The molecule has 22 heavy (non-hydrogen) atoms. The molecule has 0 N–H and O–H groups in total. The third kappa shape index (κ3) is 3.74. The van der Waals surface area contributed by atoms with Gasteiger partial charge in [-0.25, -0.2) is 0 Å². The number of thiophene rings is 1. The van der Waals surface area contributed by atoms with Crippen LogP contribution in [0.25, 0.3) is 10.7 Å². The van der Waals surface area contributed by atoms with Crippen molar-refractivity contribution in [3.8, 4) is 10.7 Å². The molecule has 1 unspecified atom stereocenters. The number of likely N-dealkylation sites (tertiary alicyclic amines) is 1. The van der Waals surface area contributed by atoms with E-state index in [2.05, 4.69) is 17.1 Å². The highest BCUT2D eigenvalue weighted by molar-refractivity contribution is 7.13. The van der Waals surface area contributed by atoms with Gasteiger partial charge in [0.1, 0.15) is 0 Å². The van der Waals surface area contributed by atoms with E-state index in [0.717, 1.165) is 36.7 Å². The Balaban J connectivity index is 1.53. The van der Waals surface area contributed by atoms with E-state index in [0.29, 0.717) is 24.6 Å². The van der Waals surface area contributed by atoms with E-state index in [4.69, 9.17) is 4.52 Å². The molecule has 1 fully saturated rings. The Labute approximate surface area is 134 Å². The summed E-state index contributed by atoms with van der Waals surface area (Å²) in [5, 5.41) is 5.95. The van der Waals surface area contributed by atoms with Gasteiger partial charge in [-0.3, -0.25) is 4.79 Å². The van der Waals surface area contributed by atoms with Crippen molar-refractivity contribution in [1.82, 2.24) is 15.0 Å². The Hall–Kier alpha value is -1.69. The van der Waals surface area contributed by atoms with Crippen LogP contribution in [-0.4, -0.2) is 34.0 Å². The molecule has 6 heteroatoms. The molecular weight excluding hydrogens is 298 g/mol. The van der Waals surface area contributed by atoms with E-state index >= 15 is 0 Å². The third-order valence-electron chi connectivity index (χ3n) is 4.13. The summed E-state index contributed by atoms with van der Waals surface area (Å²) >= 11 is 1.58. The second-order valence-electron chi connectivity index (χ2n) is 5.91. The van der Waals surface area contributed by atoms with Crippen LogP contribution in [0.5, 0.6) is 0 Å². The van der Waals surface area contributed by atoms with Crippen molar-refractivity contribution >= 4 is 17.2 Å². The minimum absolute atomic E-state index is 0.199. The zero-order valence-electron chi connectivity index (χ0n) is 12.8. The topological polar surface area (TPSA) is 59.2 Å². The van der Waals surface area contributed by atoms with Crippen LogP contribution in [0.2, 0.25) is 0 Å². The van der Waals surface area contributed by atoms with Gasteiger partial charge in [0.2, 0.25) is 17.6 Å². The Morgan fingerprint density at radius 1 is 1.45 bits per heavy atom. The lowest BCUT2D eigenvalue weighted by Crippen LogP contribution is -2.32. The maximum atomic E-state index is 12.3. The van der Waals surface area contributed by atoms with Gasteiger partial charge < -0.3 is 9.42 Å². The van der Waals surface area contributed by atoms with E-state index in [1.165, 1.54) is 6.42 Å². The summed E-state index contributed by atoms with van der Waals surface area (Å²) in [6.07, 6.45) is 4.39. The SMILES string of the molecule is CC1CCCN(C(=O)CCc2nc(-c3cccs3)no2)CC1. The number of hydrogen-bond acceptors (Lipinski definition) is 5. The summed E-state index contributed by atoms with van der Waals surface area (Å²) in [7, 11) is 0. The van der Waals surface area contributed by atoms with E-state index in [-0.39, 0.29) is 5.91 Å². The molecule has 0 aliphatic carbocycles. The number of amides is 1. The van der Waals surface area contributed by atoms with Gasteiger partial charge in [-0.15, -0.1) is 11.3 Å². The van der Waals surface area contributed by atoms with Crippen LogP contribution in [0.3, 0.4) is 0 Å². The molecule has 0 spiro atoms. The van der Waals surface area contributed by atoms with Crippen LogP contribution >= 0.6 is 11.3 Å². The van der Waals surface area contributed by atoms with Crippen molar-refractivity contribution in [3.63, 3.8) is 0 Å². The first-order valence-electron chi connectivity index (χ1n) is 7.86. The van der Waals surface area contributed by atoms with E-state index in [9.17, 15) is 4.79 Å². The number of aromatic nitrogens is 2. The molecular formula is C16H21N3O2S. The highest BCUT2D eigenvalue weighted by atomic mass is 32.1. The largest absolute Gasteiger partial charge is 0.343 e. The van der Waals surface area contributed by atoms with Gasteiger partial charge >= 0.3 is 0 Å². The molecule has 2 aromatic rings. The minimum atomic E-state index is 0.199.